The molecule has 1 rings (SSSR count). The molecule has 0 aliphatic carbocycles. The quantitative estimate of drug-likeness (QED) is 0.754. The van der Waals surface area contributed by atoms with Crippen LogP contribution in [-0.2, 0) is 14.8 Å². The van der Waals surface area contributed by atoms with E-state index in [0.717, 1.165) is 17.7 Å². The second-order valence-electron chi connectivity index (χ2n) is 4.68. The molecule has 21 heavy (non-hydrogen) atoms. The fourth-order valence-corrected chi connectivity index (χ4v) is 3.85. The Morgan fingerprint density at radius 3 is 2.38 bits per heavy atom. The smallest absolute Gasteiger partial charge is 0.240 e. The summed E-state index contributed by atoms with van der Waals surface area (Å²) in [7, 11) is -3.58. The lowest BCUT2D eigenvalue weighted by Crippen LogP contribution is -2.33. The molecular formula is C14H22N2O3S2. The summed E-state index contributed by atoms with van der Waals surface area (Å²) in [5.74, 6) is -0.229. The Morgan fingerprint density at radius 1 is 1.29 bits per heavy atom. The lowest BCUT2D eigenvalue weighted by molar-refractivity contribution is -0.114. The van der Waals surface area contributed by atoms with Gasteiger partial charge in [0.25, 0.3) is 0 Å². The summed E-state index contributed by atoms with van der Waals surface area (Å²) in [6.45, 7) is 5.28. The van der Waals surface area contributed by atoms with E-state index in [9.17, 15) is 13.2 Å². The van der Waals surface area contributed by atoms with E-state index in [1.807, 2.05) is 20.1 Å². The Hall–Kier alpha value is -1.05. The van der Waals surface area contributed by atoms with Gasteiger partial charge in [-0.15, -0.1) is 11.8 Å². The van der Waals surface area contributed by atoms with Crippen molar-refractivity contribution in [3.8, 4) is 0 Å². The first-order valence-electron chi connectivity index (χ1n) is 6.82. The monoisotopic (exact) mass is 330 g/mol. The van der Waals surface area contributed by atoms with Gasteiger partial charge in [-0.2, -0.15) is 0 Å². The average Bonchev–Trinajstić information content (AvgIpc) is 2.44. The highest BCUT2D eigenvalue weighted by Crippen LogP contribution is 2.28. The van der Waals surface area contributed by atoms with Gasteiger partial charge in [0.05, 0.1) is 10.6 Å². The highest BCUT2D eigenvalue weighted by Gasteiger charge is 2.19. The predicted molar refractivity (Wildman–Crippen MR) is 87.2 cm³/mol. The molecule has 0 saturated heterocycles. The van der Waals surface area contributed by atoms with E-state index < -0.39 is 10.0 Å². The number of anilines is 1. The summed E-state index contributed by atoms with van der Waals surface area (Å²) in [6.07, 6.45) is 3.34. The van der Waals surface area contributed by atoms with Crippen LogP contribution < -0.4 is 10.0 Å². The van der Waals surface area contributed by atoms with Crippen molar-refractivity contribution in [3.05, 3.63) is 18.2 Å². The van der Waals surface area contributed by atoms with Gasteiger partial charge in [0.2, 0.25) is 15.9 Å². The summed E-state index contributed by atoms with van der Waals surface area (Å²) in [5, 5.41) is 2.67. The van der Waals surface area contributed by atoms with Crippen molar-refractivity contribution in [1.82, 2.24) is 4.72 Å². The van der Waals surface area contributed by atoms with Crippen LogP contribution in [0.4, 0.5) is 5.69 Å². The summed E-state index contributed by atoms with van der Waals surface area (Å²) in [5.41, 5.74) is 0.516. The lowest BCUT2D eigenvalue weighted by Gasteiger charge is -2.16. The van der Waals surface area contributed by atoms with Crippen molar-refractivity contribution in [2.45, 2.75) is 49.4 Å². The zero-order chi connectivity index (χ0) is 16.0. The number of amides is 1. The van der Waals surface area contributed by atoms with Crippen molar-refractivity contribution in [2.75, 3.05) is 11.6 Å². The number of hydrogen-bond donors (Lipinski definition) is 2. The highest BCUT2D eigenvalue weighted by atomic mass is 32.2. The summed E-state index contributed by atoms with van der Waals surface area (Å²) in [4.78, 5) is 12.2. The van der Waals surface area contributed by atoms with Crippen LogP contribution in [-0.4, -0.2) is 26.6 Å². The zero-order valence-corrected chi connectivity index (χ0v) is 14.4. The number of sulfonamides is 1. The third-order valence-corrected chi connectivity index (χ3v) is 5.41. The SMILES string of the molecule is CCC(CC)NS(=O)(=O)c1ccc(SC)c(NC(C)=O)c1. The Bertz CT molecular complexity index is 596. The number of benzene rings is 1. The van der Waals surface area contributed by atoms with E-state index in [-0.39, 0.29) is 16.8 Å². The van der Waals surface area contributed by atoms with Gasteiger partial charge in [-0.3, -0.25) is 4.79 Å². The molecule has 118 valence electrons. The van der Waals surface area contributed by atoms with Gasteiger partial charge < -0.3 is 5.32 Å². The van der Waals surface area contributed by atoms with Crippen molar-refractivity contribution < 1.29 is 13.2 Å². The van der Waals surface area contributed by atoms with Gasteiger partial charge in [0, 0.05) is 17.9 Å². The Labute approximate surface area is 130 Å². The van der Waals surface area contributed by atoms with Crippen molar-refractivity contribution in [3.63, 3.8) is 0 Å². The van der Waals surface area contributed by atoms with Gasteiger partial charge in [-0.05, 0) is 37.3 Å². The molecule has 0 atom stereocenters. The number of thioether (sulfide) groups is 1. The molecule has 0 radical (unpaired) electrons. The molecule has 1 amide bonds. The molecule has 0 saturated carbocycles. The molecular weight excluding hydrogens is 308 g/mol. The highest BCUT2D eigenvalue weighted by molar-refractivity contribution is 7.98. The number of carbonyl (C=O) groups is 1. The maximum absolute atomic E-state index is 12.4. The number of carbonyl (C=O) groups excluding carboxylic acids is 1. The van der Waals surface area contributed by atoms with Crippen LogP contribution in [0.3, 0.4) is 0 Å². The van der Waals surface area contributed by atoms with Crippen LogP contribution in [0.15, 0.2) is 28.0 Å². The summed E-state index contributed by atoms with van der Waals surface area (Å²) in [6, 6.07) is 4.68. The maximum atomic E-state index is 12.4. The van der Waals surface area contributed by atoms with Gasteiger partial charge in [0.1, 0.15) is 0 Å². The van der Waals surface area contributed by atoms with Crippen molar-refractivity contribution >= 4 is 33.4 Å². The van der Waals surface area contributed by atoms with Crippen LogP contribution in [0, 0.1) is 0 Å². The molecule has 0 spiro atoms. The third kappa shape index (κ3) is 5.01. The number of rotatable bonds is 7. The molecule has 2 N–H and O–H groups in total. The molecule has 0 unspecified atom stereocenters. The maximum Gasteiger partial charge on any atom is 0.240 e. The molecule has 0 bridgehead atoms. The van der Waals surface area contributed by atoms with Crippen molar-refractivity contribution in [2.24, 2.45) is 0 Å². The van der Waals surface area contributed by atoms with E-state index in [4.69, 9.17) is 0 Å². The van der Waals surface area contributed by atoms with Crippen LogP contribution >= 0.6 is 11.8 Å². The minimum absolute atomic E-state index is 0.0838. The molecule has 5 nitrogen and oxygen atoms in total. The molecule has 0 heterocycles. The van der Waals surface area contributed by atoms with Crippen LogP contribution in [0.25, 0.3) is 0 Å². The fourth-order valence-electron chi connectivity index (χ4n) is 1.88. The molecule has 0 aliphatic heterocycles. The Balaban J connectivity index is 3.15. The van der Waals surface area contributed by atoms with Gasteiger partial charge in [-0.25, -0.2) is 13.1 Å². The summed E-state index contributed by atoms with van der Waals surface area (Å²) < 4.78 is 27.4. The molecule has 1 aromatic carbocycles. The Kier molecular flexibility index (Phi) is 6.70. The lowest BCUT2D eigenvalue weighted by atomic mass is 10.2. The molecule has 0 fully saturated rings. The van der Waals surface area contributed by atoms with Gasteiger partial charge in [0.15, 0.2) is 0 Å². The summed E-state index contributed by atoms with van der Waals surface area (Å²) >= 11 is 1.45. The van der Waals surface area contributed by atoms with E-state index in [0.29, 0.717) is 5.69 Å². The molecule has 0 aromatic heterocycles. The second-order valence-corrected chi connectivity index (χ2v) is 7.24. The average molecular weight is 330 g/mol. The van der Waals surface area contributed by atoms with E-state index in [2.05, 4.69) is 10.0 Å². The third-order valence-electron chi connectivity index (χ3n) is 3.10. The van der Waals surface area contributed by atoms with E-state index >= 15 is 0 Å². The first-order valence-corrected chi connectivity index (χ1v) is 9.52. The molecule has 1 aromatic rings. The Morgan fingerprint density at radius 2 is 1.90 bits per heavy atom. The normalized spacial score (nSPS) is 11.7. The molecule has 7 heteroatoms. The minimum Gasteiger partial charge on any atom is -0.325 e. The van der Waals surface area contributed by atoms with Gasteiger partial charge in [-0.1, -0.05) is 13.8 Å². The van der Waals surface area contributed by atoms with E-state index in [1.54, 1.807) is 12.1 Å². The van der Waals surface area contributed by atoms with Crippen molar-refractivity contribution in [1.29, 1.82) is 0 Å². The number of nitrogens with one attached hydrogen (secondary N) is 2. The van der Waals surface area contributed by atoms with Crippen LogP contribution in [0.5, 0.6) is 0 Å². The van der Waals surface area contributed by atoms with Crippen LogP contribution in [0.1, 0.15) is 33.6 Å². The first-order chi connectivity index (χ1) is 9.83. The molecule has 0 aliphatic rings. The predicted octanol–water partition coefficient (Wildman–Crippen LogP) is 2.83. The standard InChI is InChI=1S/C14H22N2O3S2/c1-5-11(6-2)16-21(18,19)12-7-8-14(20-4)13(9-12)15-10(3)17/h7-9,11,16H,5-6H2,1-4H3,(H,15,17). The second kappa shape index (κ2) is 7.82. The topological polar surface area (TPSA) is 75.3 Å². The largest absolute Gasteiger partial charge is 0.325 e. The minimum atomic E-state index is -3.58. The zero-order valence-electron chi connectivity index (χ0n) is 12.8. The number of hydrogen-bond acceptors (Lipinski definition) is 4. The fraction of sp³-hybridized carbons (Fsp3) is 0.500. The first kappa shape index (κ1) is 18.0. The van der Waals surface area contributed by atoms with Gasteiger partial charge >= 0.3 is 0 Å². The van der Waals surface area contributed by atoms with E-state index in [1.165, 1.54) is 24.8 Å². The van der Waals surface area contributed by atoms with Crippen LogP contribution in [0.2, 0.25) is 0 Å².